The van der Waals surface area contributed by atoms with Gasteiger partial charge in [-0.3, -0.25) is 0 Å². The lowest BCUT2D eigenvalue weighted by molar-refractivity contribution is -0.137. The van der Waals surface area contributed by atoms with Crippen molar-refractivity contribution in [2.75, 3.05) is 26.4 Å². The fourth-order valence-electron chi connectivity index (χ4n) is 1.35. The minimum Gasteiger partial charge on any atom is -0.381 e. The molecule has 1 aliphatic heterocycles. The molecule has 0 N–H and O–H groups in total. The highest BCUT2D eigenvalue weighted by Crippen LogP contribution is 2.26. The van der Waals surface area contributed by atoms with Crippen LogP contribution < -0.4 is 0 Å². The molecular weight excluding hydrogens is 164 g/mol. The van der Waals surface area contributed by atoms with Crippen molar-refractivity contribution in [2.24, 2.45) is 5.41 Å². The van der Waals surface area contributed by atoms with Crippen molar-refractivity contribution in [3.05, 3.63) is 12.7 Å². The van der Waals surface area contributed by atoms with Gasteiger partial charge in [-0.15, -0.1) is 6.58 Å². The molecule has 0 bridgehead atoms. The summed E-state index contributed by atoms with van der Waals surface area (Å²) in [7, 11) is 0. The van der Waals surface area contributed by atoms with Gasteiger partial charge in [0.2, 0.25) is 0 Å². The highest BCUT2D eigenvalue weighted by molar-refractivity contribution is 4.80. The van der Waals surface area contributed by atoms with Crippen molar-refractivity contribution in [3.63, 3.8) is 0 Å². The molecule has 1 heterocycles. The van der Waals surface area contributed by atoms with Crippen molar-refractivity contribution in [1.29, 1.82) is 0 Å². The summed E-state index contributed by atoms with van der Waals surface area (Å²) < 4.78 is 10.7. The van der Waals surface area contributed by atoms with E-state index < -0.39 is 0 Å². The molecule has 1 saturated heterocycles. The zero-order chi connectivity index (χ0) is 9.57. The fraction of sp³-hybridized carbons (Fsp3) is 0.818. The van der Waals surface area contributed by atoms with Crippen molar-refractivity contribution < 1.29 is 9.47 Å². The Morgan fingerprint density at radius 2 is 2.23 bits per heavy atom. The molecule has 0 aromatic heterocycles. The summed E-state index contributed by atoms with van der Waals surface area (Å²) in [5, 5.41) is 0. The van der Waals surface area contributed by atoms with Crippen LogP contribution in [0.3, 0.4) is 0 Å². The Hall–Kier alpha value is -0.340. The lowest BCUT2D eigenvalue weighted by Crippen LogP contribution is -2.43. The van der Waals surface area contributed by atoms with Gasteiger partial charge < -0.3 is 9.47 Å². The number of rotatable bonds is 7. The van der Waals surface area contributed by atoms with Gasteiger partial charge in [-0.1, -0.05) is 13.0 Å². The molecule has 2 heteroatoms. The summed E-state index contributed by atoms with van der Waals surface area (Å²) >= 11 is 0. The Bertz CT molecular complexity index is 150. The van der Waals surface area contributed by atoms with Gasteiger partial charge in [0, 0.05) is 12.0 Å². The molecular formula is C11H20O2. The number of hydrogen-bond acceptors (Lipinski definition) is 2. The molecule has 0 aromatic rings. The first kappa shape index (κ1) is 10.7. The number of allylic oxidation sites excluding steroid dienone is 1. The van der Waals surface area contributed by atoms with Gasteiger partial charge in [-0.05, 0) is 19.3 Å². The minimum absolute atomic E-state index is 0.304. The summed E-state index contributed by atoms with van der Waals surface area (Å²) in [6.07, 6.45) is 5.39. The van der Waals surface area contributed by atoms with Crippen LogP contribution in [0.2, 0.25) is 0 Å². The smallest absolute Gasteiger partial charge is 0.0564 e. The van der Waals surface area contributed by atoms with E-state index in [9.17, 15) is 0 Å². The Morgan fingerprint density at radius 1 is 1.46 bits per heavy atom. The molecule has 1 fully saturated rings. The number of unbranched alkanes of at least 4 members (excludes halogenated alkanes) is 2. The monoisotopic (exact) mass is 184 g/mol. The van der Waals surface area contributed by atoms with Gasteiger partial charge in [0.25, 0.3) is 0 Å². The van der Waals surface area contributed by atoms with Gasteiger partial charge in [0.05, 0.1) is 19.8 Å². The maximum absolute atomic E-state index is 5.57. The minimum atomic E-state index is 0.304. The first-order valence-corrected chi connectivity index (χ1v) is 5.03. The van der Waals surface area contributed by atoms with Crippen LogP contribution in [0, 0.1) is 5.41 Å². The molecule has 0 spiro atoms. The average Bonchev–Trinajstić information content (AvgIpc) is 2.08. The van der Waals surface area contributed by atoms with Crippen LogP contribution in [-0.2, 0) is 9.47 Å². The summed E-state index contributed by atoms with van der Waals surface area (Å²) in [4.78, 5) is 0. The molecule has 76 valence electrons. The third-order valence-corrected chi connectivity index (χ3v) is 2.30. The van der Waals surface area contributed by atoms with Gasteiger partial charge in [-0.2, -0.15) is 0 Å². The Morgan fingerprint density at radius 3 is 2.77 bits per heavy atom. The molecule has 0 atom stereocenters. The average molecular weight is 184 g/mol. The van der Waals surface area contributed by atoms with Crippen molar-refractivity contribution in [2.45, 2.75) is 26.2 Å². The number of ether oxygens (including phenoxy) is 2. The lowest BCUT2D eigenvalue weighted by atomic mass is 9.90. The van der Waals surface area contributed by atoms with E-state index in [1.165, 1.54) is 6.42 Å². The summed E-state index contributed by atoms with van der Waals surface area (Å²) in [6, 6.07) is 0. The zero-order valence-electron chi connectivity index (χ0n) is 8.55. The van der Waals surface area contributed by atoms with Crippen molar-refractivity contribution in [3.8, 4) is 0 Å². The highest BCUT2D eigenvalue weighted by atomic mass is 16.5. The van der Waals surface area contributed by atoms with Crippen LogP contribution in [-0.4, -0.2) is 26.4 Å². The standard InChI is InChI=1S/C11H20O2/c1-3-4-5-6-7-12-8-11(2)9-13-10-11/h3H,1,4-10H2,2H3. The second kappa shape index (κ2) is 5.40. The van der Waals surface area contributed by atoms with Gasteiger partial charge >= 0.3 is 0 Å². The fourth-order valence-corrected chi connectivity index (χ4v) is 1.35. The van der Waals surface area contributed by atoms with Crippen molar-refractivity contribution >= 4 is 0 Å². The molecule has 0 aromatic carbocycles. The Balaban J connectivity index is 1.86. The maximum atomic E-state index is 5.57. The topological polar surface area (TPSA) is 18.5 Å². The Kier molecular flexibility index (Phi) is 4.46. The van der Waals surface area contributed by atoms with E-state index in [1.54, 1.807) is 0 Å². The molecule has 1 rings (SSSR count). The van der Waals surface area contributed by atoms with Gasteiger partial charge in [-0.25, -0.2) is 0 Å². The highest BCUT2D eigenvalue weighted by Gasteiger charge is 2.33. The predicted octanol–water partition coefficient (Wildman–Crippen LogP) is 2.40. The van der Waals surface area contributed by atoms with Crippen LogP contribution in [0.1, 0.15) is 26.2 Å². The van der Waals surface area contributed by atoms with E-state index in [-0.39, 0.29) is 0 Å². The van der Waals surface area contributed by atoms with E-state index in [1.807, 2.05) is 6.08 Å². The molecule has 1 aliphatic rings. The quantitative estimate of drug-likeness (QED) is 0.447. The first-order chi connectivity index (χ1) is 6.27. The van der Waals surface area contributed by atoms with Gasteiger partial charge in [0.1, 0.15) is 0 Å². The maximum Gasteiger partial charge on any atom is 0.0564 e. The molecule has 0 amide bonds. The molecule has 0 radical (unpaired) electrons. The largest absolute Gasteiger partial charge is 0.381 e. The van der Waals surface area contributed by atoms with Crippen LogP contribution in [0.5, 0.6) is 0 Å². The summed E-state index contributed by atoms with van der Waals surface area (Å²) in [5.74, 6) is 0. The second-order valence-electron chi connectivity index (χ2n) is 4.14. The lowest BCUT2D eigenvalue weighted by Gasteiger charge is -2.37. The van der Waals surface area contributed by atoms with E-state index in [0.29, 0.717) is 5.41 Å². The third kappa shape index (κ3) is 3.92. The summed E-state index contributed by atoms with van der Waals surface area (Å²) in [5.41, 5.74) is 0.304. The first-order valence-electron chi connectivity index (χ1n) is 5.03. The molecule has 0 saturated carbocycles. The summed E-state index contributed by atoms with van der Waals surface area (Å²) in [6.45, 7) is 9.34. The van der Waals surface area contributed by atoms with Crippen LogP contribution in [0.4, 0.5) is 0 Å². The Labute approximate surface area is 80.9 Å². The zero-order valence-corrected chi connectivity index (χ0v) is 8.55. The SMILES string of the molecule is C=CCCCCOCC1(C)COC1. The van der Waals surface area contributed by atoms with Crippen LogP contribution in [0.15, 0.2) is 12.7 Å². The van der Waals surface area contributed by atoms with E-state index >= 15 is 0 Å². The molecule has 0 unspecified atom stereocenters. The van der Waals surface area contributed by atoms with Gasteiger partial charge in [0.15, 0.2) is 0 Å². The van der Waals surface area contributed by atoms with Crippen LogP contribution in [0.25, 0.3) is 0 Å². The van der Waals surface area contributed by atoms with Crippen molar-refractivity contribution in [1.82, 2.24) is 0 Å². The third-order valence-electron chi connectivity index (χ3n) is 2.30. The van der Waals surface area contributed by atoms with E-state index in [2.05, 4.69) is 13.5 Å². The van der Waals surface area contributed by atoms with E-state index in [0.717, 1.165) is 39.3 Å². The predicted molar refractivity (Wildman–Crippen MR) is 53.8 cm³/mol. The molecule has 0 aliphatic carbocycles. The molecule has 13 heavy (non-hydrogen) atoms. The molecule has 2 nitrogen and oxygen atoms in total. The second-order valence-corrected chi connectivity index (χ2v) is 4.14. The van der Waals surface area contributed by atoms with Crippen LogP contribution >= 0.6 is 0 Å². The number of hydrogen-bond donors (Lipinski definition) is 0. The van der Waals surface area contributed by atoms with E-state index in [4.69, 9.17) is 9.47 Å². The normalized spacial score (nSPS) is 19.5.